The SMILES string of the molecule is CNC(C)(C)c1cncn1CC1(C)CCCS1. The highest BCUT2D eigenvalue weighted by molar-refractivity contribution is 8.00. The minimum atomic E-state index is -0.0177. The second-order valence-electron chi connectivity index (χ2n) is 5.68. The summed E-state index contributed by atoms with van der Waals surface area (Å²) in [4.78, 5) is 4.32. The van der Waals surface area contributed by atoms with Gasteiger partial charge in [0.15, 0.2) is 0 Å². The molecular formula is C13H23N3S. The smallest absolute Gasteiger partial charge is 0.0949 e. The number of hydrogen-bond donors (Lipinski definition) is 1. The van der Waals surface area contributed by atoms with E-state index in [2.05, 4.69) is 47.4 Å². The fourth-order valence-corrected chi connectivity index (χ4v) is 3.72. The van der Waals surface area contributed by atoms with E-state index in [4.69, 9.17) is 0 Å². The van der Waals surface area contributed by atoms with Crippen molar-refractivity contribution in [1.82, 2.24) is 14.9 Å². The molecule has 1 unspecified atom stereocenters. The molecule has 96 valence electrons. The van der Waals surface area contributed by atoms with Gasteiger partial charge in [-0.3, -0.25) is 0 Å². The van der Waals surface area contributed by atoms with Crippen LogP contribution in [0, 0.1) is 0 Å². The molecule has 1 aliphatic rings. The van der Waals surface area contributed by atoms with Crippen LogP contribution in [0.3, 0.4) is 0 Å². The Morgan fingerprint density at radius 2 is 2.35 bits per heavy atom. The summed E-state index contributed by atoms with van der Waals surface area (Å²) >= 11 is 2.10. The zero-order valence-electron chi connectivity index (χ0n) is 11.3. The third kappa shape index (κ3) is 2.68. The van der Waals surface area contributed by atoms with Gasteiger partial charge in [0.05, 0.1) is 17.6 Å². The van der Waals surface area contributed by atoms with Crippen LogP contribution in [0.25, 0.3) is 0 Å². The number of nitrogens with zero attached hydrogens (tertiary/aromatic N) is 2. The van der Waals surface area contributed by atoms with E-state index < -0.39 is 0 Å². The molecule has 0 spiro atoms. The van der Waals surface area contributed by atoms with E-state index in [0.717, 1.165) is 6.54 Å². The number of thioether (sulfide) groups is 1. The van der Waals surface area contributed by atoms with E-state index in [9.17, 15) is 0 Å². The molecule has 0 amide bonds. The fraction of sp³-hybridized carbons (Fsp3) is 0.769. The van der Waals surface area contributed by atoms with Gasteiger partial charge in [-0.2, -0.15) is 11.8 Å². The van der Waals surface area contributed by atoms with Gasteiger partial charge in [-0.25, -0.2) is 4.98 Å². The van der Waals surface area contributed by atoms with Crippen molar-refractivity contribution in [2.45, 2.75) is 50.4 Å². The molecule has 0 radical (unpaired) electrons. The lowest BCUT2D eigenvalue weighted by atomic mass is 10.0. The number of aromatic nitrogens is 2. The van der Waals surface area contributed by atoms with Gasteiger partial charge in [0.1, 0.15) is 0 Å². The second-order valence-corrected chi connectivity index (χ2v) is 7.37. The highest BCUT2D eigenvalue weighted by Crippen LogP contribution is 2.39. The Bertz CT molecular complexity index is 378. The first kappa shape index (κ1) is 13.0. The molecule has 1 N–H and O–H groups in total. The quantitative estimate of drug-likeness (QED) is 0.894. The molecule has 0 aromatic carbocycles. The summed E-state index contributed by atoms with van der Waals surface area (Å²) in [6.07, 6.45) is 6.62. The fourth-order valence-electron chi connectivity index (χ4n) is 2.42. The number of rotatable bonds is 4. The average Bonchev–Trinajstić information content (AvgIpc) is 2.88. The number of nitrogens with one attached hydrogen (secondary N) is 1. The molecule has 1 atom stereocenters. The molecule has 2 rings (SSSR count). The maximum Gasteiger partial charge on any atom is 0.0949 e. The van der Waals surface area contributed by atoms with E-state index in [0.29, 0.717) is 4.75 Å². The van der Waals surface area contributed by atoms with Gasteiger partial charge in [0.25, 0.3) is 0 Å². The first-order valence-corrected chi connectivity index (χ1v) is 7.29. The maximum absolute atomic E-state index is 4.32. The topological polar surface area (TPSA) is 29.9 Å². The van der Waals surface area contributed by atoms with Gasteiger partial charge in [0.2, 0.25) is 0 Å². The Morgan fingerprint density at radius 3 is 2.94 bits per heavy atom. The lowest BCUT2D eigenvalue weighted by Crippen LogP contribution is -2.37. The minimum Gasteiger partial charge on any atom is -0.332 e. The van der Waals surface area contributed by atoms with Gasteiger partial charge in [0, 0.05) is 17.5 Å². The molecule has 1 fully saturated rings. The van der Waals surface area contributed by atoms with Crippen LogP contribution in [0.5, 0.6) is 0 Å². The van der Waals surface area contributed by atoms with Crippen molar-refractivity contribution in [2.75, 3.05) is 12.8 Å². The van der Waals surface area contributed by atoms with Crippen LogP contribution in [0.1, 0.15) is 39.3 Å². The molecular weight excluding hydrogens is 230 g/mol. The lowest BCUT2D eigenvalue weighted by molar-refractivity contribution is 0.393. The standard InChI is InChI=1S/C13H23N3S/c1-12(2,14-4)11-8-15-10-16(11)9-13(3)6-5-7-17-13/h8,10,14H,5-7,9H2,1-4H3. The largest absolute Gasteiger partial charge is 0.332 e. The summed E-state index contributed by atoms with van der Waals surface area (Å²) in [7, 11) is 2.00. The third-order valence-electron chi connectivity index (χ3n) is 3.78. The van der Waals surface area contributed by atoms with Crippen LogP contribution in [0.2, 0.25) is 0 Å². The average molecular weight is 253 g/mol. The Morgan fingerprint density at radius 1 is 1.59 bits per heavy atom. The predicted octanol–water partition coefficient (Wildman–Crippen LogP) is 2.62. The Kier molecular flexibility index (Phi) is 3.55. The second kappa shape index (κ2) is 4.65. The van der Waals surface area contributed by atoms with E-state index in [1.165, 1.54) is 24.3 Å². The number of hydrogen-bond acceptors (Lipinski definition) is 3. The van der Waals surface area contributed by atoms with Crippen molar-refractivity contribution in [3.8, 4) is 0 Å². The van der Waals surface area contributed by atoms with Crippen molar-refractivity contribution in [3.05, 3.63) is 18.2 Å². The summed E-state index contributed by atoms with van der Waals surface area (Å²) < 4.78 is 2.70. The first-order chi connectivity index (χ1) is 7.97. The van der Waals surface area contributed by atoms with E-state index in [1.54, 1.807) is 0 Å². The summed E-state index contributed by atoms with van der Waals surface area (Å²) in [5.74, 6) is 1.30. The first-order valence-electron chi connectivity index (χ1n) is 6.30. The molecule has 1 aliphatic heterocycles. The van der Waals surface area contributed by atoms with Crippen molar-refractivity contribution in [3.63, 3.8) is 0 Å². The predicted molar refractivity (Wildman–Crippen MR) is 74.4 cm³/mol. The zero-order valence-corrected chi connectivity index (χ0v) is 12.1. The van der Waals surface area contributed by atoms with E-state index >= 15 is 0 Å². The molecule has 0 bridgehead atoms. The highest BCUT2D eigenvalue weighted by Gasteiger charge is 2.32. The molecule has 3 nitrogen and oxygen atoms in total. The van der Waals surface area contributed by atoms with Crippen molar-refractivity contribution < 1.29 is 0 Å². The Hall–Kier alpha value is -0.480. The highest BCUT2D eigenvalue weighted by atomic mass is 32.2. The van der Waals surface area contributed by atoms with Gasteiger partial charge >= 0.3 is 0 Å². The van der Waals surface area contributed by atoms with Gasteiger partial charge in [-0.15, -0.1) is 0 Å². The number of imidazole rings is 1. The summed E-state index contributed by atoms with van der Waals surface area (Å²) in [5, 5.41) is 3.35. The lowest BCUT2D eigenvalue weighted by Gasteiger charge is -2.29. The molecule has 1 aromatic heterocycles. The van der Waals surface area contributed by atoms with Crippen LogP contribution in [0.4, 0.5) is 0 Å². The molecule has 2 heterocycles. The Balaban J connectivity index is 2.20. The van der Waals surface area contributed by atoms with Crippen LogP contribution < -0.4 is 5.32 Å². The monoisotopic (exact) mass is 253 g/mol. The van der Waals surface area contributed by atoms with Crippen LogP contribution in [0.15, 0.2) is 12.5 Å². The molecule has 17 heavy (non-hydrogen) atoms. The third-order valence-corrected chi connectivity index (χ3v) is 5.31. The molecule has 1 aromatic rings. The van der Waals surface area contributed by atoms with Gasteiger partial charge < -0.3 is 9.88 Å². The summed E-state index contributed by atoms with van der Waals surface area (Å²) in [5.41, 5.74) is 1.25. The van der Waals surface area contributed by atoms with E-state index in [-0.39, 0.29) is 5.54 Å². The van der Waals surface area contributed by atoms with Crippen molar-refractivity contribution in [1.29, 1.82) is 0 Å². The van der Waals surface area contributed by atoms with Crippen LogP contribution >= 0.6 is 11.8 Å². The summed E-state index contributed by atoms with van der Waals surface area (Å²) in [6.45, 7) is 7.84. The van der Waals surface area contributed by atoms with Crippen LogP contribution in [-0.2, 0) is 12.1 Å². The van der Waals surface area contributed by atoms with Crippen molar-refractivity contribution in [2.24, 2.45) is 0 Å². The zero-order chi connectivity index (χ0) is 12.5. The maximum atomic E-state index is 4.32. The normalized spacial score (nSPS) is 25.4. The Labute approximate surface area is 108 Å². The van der Waals surface area contributed by atoms with E-state index in [1.807, 2.05) is 19.6 Å². The summed E-state index contributed by atoms with van der Waals surface area (Å²) in [6, 6.07) is 0. The minimum absolute atomic E-state index is 0.0177. The van der Waals surface area contributed by atoms with Gasteiger partial charge in [-0.05, 0) is 46.4 Å². The molecule has 4 heteroatoms. The van der Waals surface area contributed by atoms with Gasteiger partial charge in [-0.1, -0.05) is 0 Å². The molecule has 0 aliphatic carbocycles. The molecule has 0 saturated carbocycles. The van der Waals surface area contributed by atoms with Crippen molar-refractivity contribution >= 4 is 11.8 Å². The van der Waals surface area contributed by atoms with Crippen LogP contribution in [-0.4, -0.2) is 27.1 Å². The molecule has 1 saturated heterocycles.